The van der Waals surface area contributed by atoms with E-state index in [2.05, 4.69) is 16.9 Å². The Labute approximate surface area is 208 Å². The normalized spacial score (nSPS) is 14.8. The number of nitrogens with zero attached hydrogens (tertiary/aromatic N) is 1. The molecular formula is C26H25ClN2O3S2. The predicted molar refractivity (Wildman–Crippen MR) is 138 cm³/mol. The Morgan fingerprint density at radius 3 is 2.50 bits per heavy atom. The summed E-state index contributed by atoms with van der Waals surface area (Å²) >= 11 is 7.01. The van der Waals surface area contributed by atoms with Gasteiger partial charge in [-0.1, -0.05) is 53.3 Å². The quantitative estimate of drug-likeness (QED) is 0.361. The third-order valence-electron chi connectivity index (χ3n) is 6.41. The molecule has 34 heavy (non-hydrogen) atoms. The van der Waals surface area contributed by atoms with Gasteiger partial charge < -0.3 is 0 Å². The minimum absolute atomic E-state index is 0.130. The number of sulfonamides is 1. The number of aromatic nitrogens is 1. The number of rotatable bonds is 6. The lowest BCUT2D eigenvalue weighted by Gasteiger charge is -2.20. The van der Waals surface area contributed by atoms with Crippen molar-refractivity contribution in [1.29, 1.82) is 0 Å². The molecule has 1 N–H and O–H groups in total. The summed E-state index contributed by atoms with van der Waals surface area (Å²) in [6, 6.07) is 18.1. The molecule has 4 aromatic rings. The van der Waals surface area contributed by atoms with Crippen molar-refractivity contribution < 1.29 is 8.42 Å². The molecule has 8 heteroatoms. The molecule has 1 atom stereocenters. The molecule has 1 aliphatic rings. The third-order valence-corrected chi connectivity index (χ3v) is 9.14. The first kappa shape index (κ1) is 23.3. The Balaban J connectivity index is 1.40. The van der Waals surface area contributed by atoms with Gasteiger partial charge in [0.2, 0.25) is 10.0 Å². The van der Waals surface area contributed by atoms with Gasteiger partial charge in [0.1, 0.15) is 0 Å². The van der Waals surface area contributed by atoms with Gasteiger partial charge in [-0.05, 0) is 85.2 Å². The predicted octanol–water partition coefficient (Wildman–Crippen LogP) is 5.68. The fourth-order valence-electron chi connectivity index (χ4n) is 4.53. The molecule has 0 spiro atoms. The van der Waals surface area contributed by atoms with E-state index < -0.39 is 10.0 Å². The SMILES string of the molecule is C[C@@H](NS(=O)(=O)c1ccc2c(c1)sc(=O)n2Cc1ccc(Cl)cc1)c1ccc2c(c1)CCCC2. The maximum absolute atomic E-state index is 13.2. The van der Waals surface area contributed by atoms with Crippen LogP contribution in [-0.4, -0.2) is 13.0 Å². The minimum atomic E-state index is -3.76. The number of benzene rings is 3. The highest BCUT2D eigenvalue weighted by Crippen LogP contribution is 2.27. The van der Waals surface area contributed by atoms with Gasteiger partial charge in [0, 0.05) is 11.1 Å². The number of thiazole rings is 1. The van der Waals surface area contributed by atoms with E-state index in [-0.39, 0.29) is 15.8 Å². The molecule has 0 fully saturated rings. The van der Waals surface area contributed by atoms with E-state index in [0.717, 1.165) is 35.3 Å². The van der Waals surface area contributed by atoms with Crippen molar-refractivity contribution in [2.75, 3.05) is 0 Å². The van der Waals surface area contributed by atoms with Crippen LogP contribution in [0.4, 0.5) is 0 Å². The molecule has 0 bridgehead atoms. The summed E-state index contributed by atoms with van der Waals surface area (Å²) in [5.74, 6) is 0. The largest absolute Gasteiger partial charge is 0.308 e. The molecule has 0 saturated heterocycles. The van der Waals surface area contributed by atoms with Crippen molar-refractivity contribution in [3.05, 3.63) is 97.6 Å². The number of aryl methyl sites for hydroxylation is 2. The van der Waals surface area contributed by atoms with E-state index in [9.17, 15) is 13.2 Å². The first-order valence-corrected chi connectivity index (χ1v) is 14.0. The summed E-state index contributed by atoms with van der Waals surface area (Å²) in [6.07, 6.45) is 4.53. The van der Waals surface area contributed by atoms with Crippen molar-refractivity contribution >= 4 is 43.2 Å². The van der Waals surface area contributed by atoms with Crippen molar-refractivity contribution in [2.45, 2.75) is 50.1 Å². The molecule has 1 aromatic heterocycles. The summed E-state index contributed by atoms with van der Waals surface area (Å²) in [7, 11) is -3.76. The Hall–Kier alpha value is -2.45. The lowest BCUT2D eigenvalue weighted by Crippen LogP contribution is -2.27. The molecule has 5 rings (SSSR count). The van der Waals surface area contributed by atoms with Gasteiger partial charge >= 0.3 is 4.87 Å². The molecule has 0 aliphatic heterocycles. The first-order valence-electron chi connectivity index (χ1n) is 11.3. The Bertz CT molecular complexity index is 1520. The van der Waals surface area contributed by atoms with Crippen LogP contribution in [0.15, 0.2) is 70.4 Å². The van der Waals surface area contributed by atoms with Crippen molar-refractivity contribution in [1.82, 2.24) is 9.29 Å². The van der Waals surface area contributed by atoms with E-state index in [1.54, 1.807) is 34.9 Å². The lowest BCUT2D eigenvalue weighted by molar-refractivity contribution is 0.566. The van der Waals surface area contributed by atoms with E-state index in [1.807, 2.05) is 25.1 Å². The zero-order valence-corrected chi connectivity index (χ0v) is 21.1. The van der Waals surface area contributed by atoms with E-state index in [4.69, 9.17) is 11.6 Å². The molecule has 3 aromatic carbocycles. The van der Waals surface area contributed by atoms with E-state index >= 15 is 0 Å². The van der Waals surface area contributed by atoms with Crippen LogP contribution >= 0.6 is 22.9 Å². The second kappa shape index (κ2) is 9.30. The third kappa shape index (κ3) is 4.70. The Morgan fingerprint density at radius 2 is 1.74 bits per heavy atom. The van der Waals surface area contributed by atoms with Crippen LogP contribution in [-0.2, 0) is 29.4 Å². The Morgan fingerprint density at radius 1 is 1.00 bits per heavy atom. The molecule has 0 amide bonds. The van der Waals surface area contributed by atoms with E-state index in [0.29, 0.717) is 21.8 Å². The standard InChI is InChI=1S/C26H25ClN2O3S2/c1-17(20-9-8-19-4-2-3-5-21(19)14-20)28-34(31,32)23-12-13-24-25(15-23)33-26(30)29(24)16-18-6-10-22(27)11-7-18/h6-15,17,28H,2-5,16H2,1H3/t17-/m1/s1. The second-order valence-electron chi connectivity index (χ2n) is 8.79. The van der Waals surface area contributed by atoms with E-state index in [1.165, 1.54) is 24.0 Å². The van der Waals surface area contributed by atoms with Crippen molar-refractivity contribution in [2.24, 2.45) is 0 Å². The summed E-state index contributed by atoms with van der Waals surface area (Å²) in [5.41, 5.74) is 5.32. The molecule has 0 radical (unpaired) electrons. The van der Waals surface area contributed by atoms with Gasteiger partial charge in [-0.3, -0.25) is 9.36 Å². The second-order valence-corrected chi connectivity index (χ2v) is 11.9. The highest BCUT2D eigenvalue weighted by atomic mass is 35.5. The highest BCUT2D eigenvalue weighted by molar-refractivity contribution is 7.89. The van der Waals surface area contributed by atoms with Gasteiger partial charge in [-0.2, -0.15) is 0 Å². The number of hydrogen-bond donors (Lipinski definition) is 1. The van der Waals surface area contributed by atoms with Crippen LogP contribution in [0, 0.1) is 0 Å². The van der Waals surface area contributed by atoms with Gasteiger partial charge in [0.25, 0.3) is 0 Å². The molecule has 0 unspecified atom stereocenters. The minimum Gasteiger partial charge on any atom is -0.294 e. The van der Waals surface area contributed by atoms with Crippen LogP contribution in [0.5, 0.6) is 0 Å². The monoisotopic (exact) mass is 512 g/mol. The maximum Gasteiger partial charge on any atom is 0.308 e. The lowest BCUT2D eigenvalue weighted by atomic mass is 9.89. The summed E-state index contributed by atoms with van der Waals surface area (Å²) in [4.78, 5) is 12.7. The molecular weight excluding hydrogens is 488 g/mol. The summed E-state index contributed by atoms with van der Waals surface area (Å²) in [5, 5.41) is 0.637. The molecule has 1 heterocycles. The molecule has 176 valence electrons. The number of halogens is 1. The average molecular weight is 513 g/mol. The number of nitrogens with one attached hydrogen (secondary N) is 1. The summed E-state index contributed by atoms with van der Waals surface area (Å²) in [6.45, 7) is 2.26. The first-order chi connectivity index (χ1) is 16.3. The smallest absolute Gasteiger partial charge is 0.294 e. The maximum atomic E-state index is 13.2. The number of hydrogen-bond acceptors (Lipinski definition) is 4. The van der Waals surface area contributed by atoms with Crippen LogP contribution < -0.4 is 9.60 Å². The summed E-state index contributed by atoms with van der Waals surface area (Å²) < 4.78 is 31.4. The zero-order chi connectivity index (χ0) is 23.9. The van der Waals surface area contributed by atoms with Crippen LogP contribution in [0.25, 0.3) is 10.2 Å². The molecule has 1 aliphatic carbocycles. The topological polar surface area (TPSA) is 68.2 Å². The van der Waals surface area contributed by atoms with Crippen LogP contribution in [0.2, 0.25) is 5.02 Å². The molecule has 0 saturated carbocycles. The van der Waals surface area contributed by atoms with Gasteiger partial charge in [0.05, 0.1) is 21.7 Å². The number of fused-ring (bicyclic) bond motifs is 2. The zero-order valence-electron chi connectivity index (χ0n) is 18.8. The Kier molecular flexibility index (Phi) is 6.37. The average Bonchev–Trinajstić information content (AvgIpc) is 3.14. The highest BCUT2D eigenvalue weighted by Gasteiger charge is 2.21. The van der Waals surface area contributed by atoms with Crippen LogP contribution in [0.3, 0.4) is 0 Å². The van der Waals surface area contributed by atoms with Crippen LogP contribution in [0.1, 0.15) is 48.1 Å². The fourth-order valence-corrected chi connectivity index (χ4v) is 6.92. The van der Waals surface area contributed by atoms with Crippen molar-refractivity contribution in [3.63, 3.8) is 0 Å². The van der Waals surface area contributed by atoms with Gasteiger partial charge in [-0.15, -0.1) is 0 Å². The van der Waals surface area contributed by atoms with Gasteiger partial charge in [0.15, 0.2) is 0 Å². The molecule has 5 nitrogen and oxygen atoms in total. The van der Waals surface area contributed by atoms with Gasteiger partial charge in [-0.25, -0.2) is 13.1 Å². The fraction of sp³-hybridized carbons (Fsp3) is 0.269. The van der Waals surface area contributed by atoms with Crippen molar-refractivity contribution in [3.8, 4) is 0 Å².